The fourth-order valence-electron chi connectivity index (χ4n) is 1.61. The average Bonchev–Trinajstić information content (AvgIpc) is 2.71. The fourth-order valence-corrected chi connectivity index (χ4v) is 3.96. The highest BCUT2D eigenvalue weighted by Crippen LogP contribution is 2.24. The van der Waals surface area contributed by atoms with Crippen molar-refractivity contribution in [1.82, 2.24) is 15.0 Å². The van der Waals surface area contributed by atoms with E-state index in [-0.39, 0.29) is 25.9 Å². The first-order valence-electron chi connectivity index (χ1n) is 5.39. The zero-order chi connectivity index (χ0) is 15.8. The van der Waals surface area contributed by atoms with E-state index in [1.165, 1.54) is 13.1 Å². The summed E-state index contributed by atoms with van der Waals surface area (Å²) in [5.41, 5.74) is 5.62. The molecule has 2 rings (SSSR count). The Morgan fingerprint density at radius 3 is 2.71 bits per heavy atom. The number of aryl methyl sites for hydroxylation is 1. The van der Waals surface area contributed by atoms with E-state index >= 15 is 0 Å². The molecule has 0 radical (unpaired) electrons. The van der Waals surface area contributed by atoms with Crippen LogP contribution in [-0.4, -0.2) is 28.4 Å². The molecule has 2 aromatic rings. The van der Waals surface area contributed by atoms with Gasteiger partial charge in [-0.25, -0.2) is 9.07 Å². The van der Waals surface area contributed by atoms with Gasteiger partial charge in [-0.2, -0.15) is 8.42 Å². The van der Waals surface area contributed by atoms with Crippen molar-refractivity contribution in [2.75, 3.05) is 4.72 Å². The summed E-state index contributed by atoms with van der Waals surface area (Å²) in [6.45, 7) is 0. The molecule has 7 nitrogen and oxygen atoms in total. The van der Waals surface area contributed by atoms with Crippen molar-refractivity contribution < 1.29 is 12.8 Å². The molecule has 1 heterocycles. The molecule has 1 aromatic carbocycles. The second-order valence-corrected chi connectivity index (χ2v) is 6.76. The van der Waals surface area contributed by atoms with Crippen molar-refractivity contribution in [3.8, 4) is 0 Å². The van der Waals surface area contributed by atoms with Gasteiger partial charge >= 0.3 is 0 Å². The Morgan fingerprint density at radius 1 is 1.52 bits per heavy atom. The van der Waals surface area contributed by atoms with E-state index in [1.807, 2.05) is 0 Å². The standard InChI is InChI=1S/C10H9BrFN5O2S2/c1-17-10(8(11)14-16-17)21(18,19)15-7-3-2-5(12)4-6(7)9(13)20/h2-4,15H,1H3,(H2,13,20). The van der Waals surface area contributed by atoms with Crippen LogP contribution in [0.1, 0.15) is 5.56 Å². The smallest absolute Gasteiger partial charge is 0.281 e. The maximum atomic E-state index is 13.2. The van der Waals surface area contributed by atoms with Crippen molar-refractivity contribution in [3.05, 3.63) is 34.2 Å². The SMILES string of the molecule is Cn1nnc(Br)c1S(=O)(=O)Nc1ccc(F)cc1C(N)=S. The summed E-state index contributed by atoms with van der Waals surface area (Å²) >= 11 is 7.79. The number of nitrogens with two attached hydrogens (primary N) is 1. The predicted molar refractivity (Wildman–Crippen MR) is 81.8 cm³/mol. The lowest BCUT2D eigenvalue weighted by Gasteiger charge is -2.12. The molecule has 0 amide bonds. The molecule has 0 spiro atoms. The van der Waals surface area contributed by atoms with Gasteiger partial charge in [0.2, 0.25) is 5.03 Å². The Kier molecular flexibility index (Phi) is 4.25. The Morgan fingerprint density at radius 2 is 2.19 bits per heavy atom. The van der Waals surface area contributed by atoms with E-state index in [1.54, 1.807) is 0 Å². The highest BCUT2D eigenvalue weighted by atomic mass is 79.9. The number of anilines is 1. The molecule has 0 aliphatic carbocycles. The monoisotopic (exact) mass is 393 g/mol. The molecule has 1 aromatic heterocycles. The molecule has 0 saturated heterocycles. The second kappa shape index (κ2) is 5.66. The largest absolute Gasteiger partial charge is 0.389 e. The number of thiocarbonyl (C=S) groups is 1. The van der Waals surface area contributed by atoms with E-state index in [2.05, 4.69) is 31.0 Å². The van der Waals surface area contributed by atoms with Gasteiger partial charge in [0.1, 0.15) is 10.8 Å². The molecule has 21 heavy (non-hydrogen) atoms. The van der Waals surface area contributed by atoms with Crippen molar-refractivity contribution in [1.29, 1.82) is 0 Å². The molecule has 0 bridgehead atoms. The first-order chi connectivity index (χ1) is 9.72. The number of rotatable bonds is 4. The molecule has 3 N–H and O–H groups in total. The Hall–Kier alpha value is -1.59. The highest BCUT2D eigenvalue weighted by Gasteiger charge is 2.25. The summed E-state index contributed by atoms with van der Waals surface area (Å²) in [4.78, 5) is -0.130. The summed E-state index contributed by atoms with van der Waals surface area (Å²) in [7, 11) is -2.57. The molecule has 0 fully saturated rings. The molecule has 0 aliphatic heterocycles. The molecule has 0 saturated carbocycles. The van der Waals surface area contributed by atoms with Gasteiger partial charge in [-0.05, 0) is 34.1 Å². The molecule has 112 valence electrons. The average molecular weight is 394 g/mol. The highest BCUT2D eigenvalue weighted by molar-refractivity contribution is 9.10. The minimum Gasteiger partial charge on any atom is -0.389 e. The van der Waals surface area contributed by atoms with Crippen LogP contribution in [0, 0.1) is 5.82 Å². The summed E-state index contributed by atoms with van der Waals surface area (Å²) < 4.78 is 41.3. The van der Waals surface area contributed by atoms with Crippen LogP contribution < -0.4 is 10.5 Å². The van der Waals surface area contributed by atoms with E-state index in [9.17, 15) is 12.8 Å². The van der Waals surface area contributed by atoms with Crippen LogP contribution in [0.4, 0.5) is 10.1 Å². The Balaban J connectivity index is 2.50. The fraction of sp³-hybridized carbons (Fsp3) is 0.100. The lowest BCUT2D eigenvalue weighted by atomic mass is 10.2. The van der Waals surface area contributed by atoms with Gasteiger partial charge < -0.3 is 5.73 Å². The summed E-state index contributed by atoms with van der Waals surface area (Å²) in [5, 5.41) is 7.00. The lowest BCUT2D eigenvalue weighted by molar-refractivity contribution is 0.578. The molecule has 0 aliphatic rings. The summed E-state index contributed by atoms with van der Waals surface area (Å²) in [6.07, 6.45) is 0. The van der Waals surface area contributed by atoms with Gasteiger partial charge in [0.15, 0.2) is 4.60 Å². The Bertz CT molecular complexity index is 801. The number of halogens is 2. The van der Waals surface area contributed by atoms with Crippen molar-refractivity contribution in [3.63, 3.8) is 0 Å². The zero-order valence-corrected chi connectivity index (χ0v) is 13.8. The number of aromatic nitrogens is 3. The van der Waals surface area contributed by atoms with Crippen LogP contribution in [0.25, 0.3) is 0 Å². The summed E-state index contributed by atoms with van der Waals surface area (Å²) in [5.74, 6) is -0.580. The third kappa shape index (κ3) is 3.19. The van der Waals surface area contributed by atoms with E-state index in [0.29, 0.717) is 0 Å². The number of nitrogens with one attached hydrogen (secondary N) is 1. The van der Waals surface area contributed by atoms with Gasteiger partial charge in [0, 0.05) is 12.6 Å². The first kappa shape index (κ1) is 15.8. The molecular formula is C10H9BrFN5O2S2. The second-order valence-electron chi connectivity index (χ2n) is 3.97. The minimum atomic E-state index is -4.00. The maximum absolute atomic E-state index is 13.2. The molecular weight excluding hydrogens is 385 g/mol. The van der Waals surface area contributed by atoms with Crippen LogP contribution in [0.5, 0.6) is 0 Å². The number of sulfonamides is 1. The Labute approximate surface area is 133 Å². The molecule has 0 unspecified atom stereocenters. The van der Waals surface area contributed by atoms with Crippen molar-refractivity contribution in [2.45, 2.75) is 5.03 Å². The first-order valence-corrected chi connectivity index (χ1v) is 8.08. The number of benzene rings is 1. The van der Waals surface area contributed by atoms with Crippen molar-refractivity contribution in [2.24, 2.45) is 12.8 Å². The topological polar surface area (TPSA) is 103 Å². The lowest BCUT2D eigenvalue weighted by Crippen LogP contribution is -2.20. The van der Waals surface area contributed by atoms with E-state index in [0.717, 1.165) is 16.8 Å². The van der Waals surface area contributed by atoms with E-state index < -0.39 is 15.8 Å². The zero-order valence-electron chi connectivity index (χ0n) is 10.5. The number of hydrogen-bond acceptors (Lipinski definition) is 5. The van der Waals surface area contributed by atoms with Gasteiger partial charge in [0.25, 0.3) is 10.0 Å². The predicted octanol–water partition coefficient (Wildman–Crippen LogP) is 1.15. The quantitative estimate of drug-likeness (QED) is 0.755. The van der Waals surface area contributed by atoms with E-state index in [4.69, 9.17) is 18.0 Å². The number of hydrogen-bond donors (Lipinski definition) is 2. The molecule has 0 atom stereocenters. The maximum Gasteiger partial charge on any atom is 0.281 e. The minimum absolute atomic E-state index is 0.0523. The van der Waals surface area contributed by atoms with Gasteiger partial charge in [-0.1, -0.05) is 17.4 Å². The van der Waals surface area contributed by atoms with Gasteiger partial charge in [-0.3, -0.25) is 4.72 Å². The van der Waals surface area contributed by atoms with Crippen LogP contribution in [0.2, 0.25) is 0 Å². The van der Waals surface area contributed by atoms with Crippen LogP contribution in [0.15, 0.2) is 27.8 Å². The van der Waals surface area contributed by atoms with Crippen LogP contribution in [0.3, 0.4) is 0 Å². The summed E-state index contributed by atoms with van der Waals surface area (Å²) in [6, 6.07) is 3.38. The number of nitrogens with zero attached hydrogens (tertiary/aromatic N) is 3. The third-order valence-electron chi connectivity index (χ3n) is 2.48. The third-order valence-corrected chi connectivity index (χ3v) is 4.95. The molecule has 11 heteroatoms. The van der Waals surface area contributed by atoms with Crippen molar-refractivity contribution >= 4 is 48.8 Å². The van der Waals surface area contributed by atoms with Gasteiger partial charge in [-0.15, -0.1) is 5.10 Å². The van der Waals surface area contributed by atoms with Crippen LogP contribution in [-0.2, 0) is 17.1 Å². The van der Waals surface area contributed by atoms with Crippen LogP contribution >= 0.6 is 28.1 Å². The normalized spacial score (nSPS) is 11.4. The van der Waals surface area contributed by atoms with Gasteiger partial charge in [0.05, 0.1) is 5.69 Å².